The molecule has 3 atom stereocenters. The average Bonchev–Trinajstić information content (AvgIpc) is 2.69. The summed E-state index contributed by atoms with van der Waals surface area (Å²) >= 11 is 1.38. The summed E-state index contributed by atoms with van der Waals surface area (Å²) in [6, 6.07) is 1.42. The van der Waals surface area contributed by atoms with E-state index in [1.54, 1.807) is 0 Å². The van der Waals surface area contributed by atoms with Crippen molar-refractivity contribution in [2.24, 2.45) is 5.73 Å². The first kappa shape index (κ1) is 15.5. The molecule has 0 aromatic carbocycles. The summed E-state index contributed by atoms with van der Waals surface area (Å²) in [5, 5.41) is 1.83. The minimum absolute atomic E-state index is 0.438. The van der Waals surface area contributed by atoms with Gasteiger partial charge in [-0.25, -0.2) is 0 Å². The van der Waals surface area contributed by atoms with E-state index in [9.17, 15) is 13.2 Å². The number of hydrogen-bond donors (Lipinski definition) is 1. The summed E-state index contributed by atoms with van der Waals surface area (Å²) in [4.78, 5) is 0.778. The third kappa shape index (κ3) is 3.70. The van der Waals surface area contributed by atoms with Gasteiger partial charge in [-0.15, -0.1) is 11.3 Å². The number of aryl methyl sites for hydroxylation is 1. The van der Waals surface area contributed by atoms with Crippen LogP contribution in [-0.4, -0.2) is 18.3 Å². The molecule has 0 spiro atoms. The largest absolute Gasteiger partial charge is 0.414 e. The molecule has 0 amide bonds. The van der Waals surface area contributed by atoms with E-state index in [0.717, 1.165) is 17.4 Å². The molecule has 18 heavy (non-hydrogen) atoms. The molecule has 0 saturated carbocycles. The Labute approximate surface area is 109 Å². The molecule has 2 nitrogen and oxygen atoms in total. The fraction of sp³-hybridized carbons (Fsp3) is 0.667. The van der Waals surface area contributed by atoms with Crippen molar-refractivity contribution >= 4 is 11.3 Å². The van der Waals surface area contributed by atoms with Crippen molar-refractivity contribution in [3.63, 3.8) is 0 Å². The normalized spacial score (nSPS) is 17.5. The van der Waals surface area contributed by atoms with Gasteiger partial charge in [0.25, 0.3) is 0 Å². The lowest BCUT2D eigenvalue weighted by Crippen LogP contribution is -2.36. The van der Waals surface area contributed by atoms with Crippen molar-refractivity contribution in [2.45, 2.75) is 51.6 Å². The Morgan fingerprint density at radius 1 is 1.44 bits per heavy atom. The van der Waals surface area contributed by atoms with E-state index in [0.29, 0.717) is 6.42 Å². The van der Waals surface area contributed by atoms with Crippen molar-refractivity contribution < 1.29 is 17.9 Å². The molecule has 1 aromatic heterocycles. The Kier molecular flexibility index (Phi) is 5.19. The lowest BCUT2D eigenvalue weighted by Gasteiger charge is -2.27. The van der Waals surface area contributed by atoms with Gasteiger partial charge >= 0.3 is 6.18 Å². The van der Waals surface area contributed by atoms with Crippen LogP contribution in [0.15, 0.2) is 11.4 Å². The van der Waals surface area contributed by atoms with Crippen molar-refractivity contribution in [3.05, 3.63) is 21.9 Å². The lowest BCUT2D eigenvalue weighted by atomic mass is 10.1. The molecule has 0 saturated heterocycles. The number of thiophene rings is 1. The fourth-order valence-corrected chi connectivity index (χ4v) is 2.58. The van der Waals surface area contributed by atoms with E-state index in [-0.39, 0.29) is 0 Å². The average molecular weight is 281 g/mol. The summed E-state index contributed by atoms with van der Waals surface area (Å²) in [5.41, 5.74) is 6.80. The van der Waals surface area contributed by atoms with E-state index >= 15 is 0 Å². The van der Waals surface area contributed by atoms with Gasteiger partial charge in [0.05, 0.1) is 0 Å². The van der Waals surface area contributed by atoms with Gasteiger partial charge in [-0.1, -0.05) is 6.92 Å². The molecular formula is C12H18F3NOS. The molecule has 3 unspecified atom stereocenters. The van der Waals surface area contributed by atoms with Crippen molar-refractivity contribution in [1.29, 1.82) is 0 Å². The first-order valence-electron chi connectivity index (χ1n) is 5.79. The second-order valence-corrected chi connectivity index (χ2v) is 5.23. The van der Waals surface area contributed by atoms with Gasteiger partial charge in [0.2, 0.25) is 0 Å². The monoisotopic (exact) mass is 281 g/mol. The second-order valence-electron chi connectivity index (χ2n) is 4.28. The van der Waals surface area contributed by atoms with Crippen molar-refractivity contribution in [2.75, 3.05) is 0 Å². The topological polar surface area (TPSA) is 35.2 Å². The Hall–Kier alpha value is -0.590. The molecule has 0 fully saturated rings. The molecule has 1 aromatic rings. The predicted molar refractivity (Wildman–Crippen MR) is 66.7 cm³/mol. The highest BCUT2D eigenvalue weighted by Crippen LogP contribution is 2.34. The van der Waals surface area contributed by atoms with E-state index in [4.69, 9.17) is 10.5 Å². The fourth-order valence-electron chi connectivity index (χ4n) is 1.54. The summed E-state index contributed by atoms with van der Waals surface area (Å²) in [6.45, 7) is 4.70. The predicted octanol–water partition coefficient (Wildman–Crippen LogP) is 3.80. The van der Waals surface area contributed by atoms with Gasteiger partial charge in [0.1, 0.15) is 6.10 Å². The van der Waals surface area contributed by atoms with Gasteiger partial charge in [0, 0.05) is 10.9 Å². The zero-order valence-corrected chi connectivity index (χ0v) is 11.4. The highest BCUT2D eigenvalue weighted by molar-refractivity contribution is 7.10. The number of hydrogen-bond acceptors (Lipinski definition) is 3. The van der Waals surface area contributed by atoms with Crippen LogP contribution < -0.4 is 5.73 Å². The summed E-state index contributed by atoms with van der Waals surface area (Å²) in [6.07, 6.45) is -6.32. The number of ether oxygens (including phenoxy) is 1. The Bertz CT molecular complexity index is 378. The SMILES string of the molecule is CCC(N)C(OC(C)C(F)(F)F)c1sccc1C. The molecule has 0 aliphatic heterocycles. The zero-order chi connectivity index (χ0) is 13.9. The molecule has 104 valence electrons. The molecule has 0 aliphatic carbocycles. The number of halogens is 3. The van der Waals surface area contributed by atoms with Crippen LogP contribution in [0.5, 0.6) is 0 Å². The highest BCUT2D eigenvalue weighted by Gasteiger charge is 2.40. The number of nitrogens with two attached hydrogens (primary N) is 1. The molecule has 0 bridgehead atoms. The molecular weight excluding hydrogens is 263 g/mol. The zero-order valence-electron chi connectivity index (χ0n) is 10.6. The highest BCUT2D eigenvalue weighted by atomic mass is 32.1. The van der Waals surface area contributed by atoms with Gasteiger partial charge in [-0.3, -0.25) is 0 Å². The van der Waals surface area contributed by atoms with Crippen LogP contribution in [0.25, 0.3) is 0 Å². The lowest BCUT2D eigenvalue weighted by molar-refractivity contribution is -0.229. The van der Waals surface area contributed by atoms with E-state index in [1.807, 2.05) is 25.3 Å². The van der Waals surface area contributed by atoms with Crippen molar-refractivity contribution in [1.82, 2.24) is 0 Å². The number of rotatable bonds is 5. The standard InChI is InChI=1S/C12H18F3NOS/c1-4-9(16)10(11-7(2)5-6-18-11)17-8(3)12(13,14)15/h5-6,8-10H,4,16H2,1-3H3. The first-order valence-corrected chi connectivity index (χ1v) is 6.67. The molecule has 0 radical (unpaired) electrons. The van der Waals surface area contributed by atoms with Crippen LogP contribution in [0.2, 0.25) is 0 Å². The molecule has 0 aliphatic rings. The van der Waals surface area contributed by atoms with Crippen molar-refractivity contribution in [3.8, 4) is 0 Å². The third-order valence-electron chi connectivity index (χ3n) is 2.83. The van der Waals surface area contributed by atoms with Crippen LogP contribution in [0, 0.1) is 6.92 Å². The van der Waals surface area contributed by atoms with Crippen LogP contribution in [-0.2, 0) is 4.74 Å². The maximum Gasteiger partial charge on any atom is 0.414 e. The van der Waals surface area contributed by atoms with Gasteiger partial charge < -0.3 is 10.5 Å². The van der Waals surface area contributed by atoms with E-state index in [2.05, 4.69) is 0 Å². The van der Waals surface area contributed by atoms with Gasteiger partial charge in [-0.05, 0) is 37.3 Å². The Balaban J connectivity index is 2.91. The smallest absolute Gasteiger partial charge is 0.359 e. The van der Waals surface area contributed by atoms with Crippen LogP contribution in [0.3, 0.4) is 0 Å². The minimum atomic E-state index is -4.36. The first-order chi connectivity index (χ1) is 8.27. The molecule has 6 heteroatoms. The summed E-state index contributed by atoms with van der Waals surface area (Å²) in [5.74, 6) is 0. The second kappa shape index (κ2) is 6.04. The Morgan fingerprint density at radius 2 is 2.06 bits per heavy atom. The maximum atomic E-state index is 12.6. The maximum absolute atomic E-state index is 12.6. The third-order valence-corrected chi connectivity index (χ3v) is 3.91. The summed E-state index contributed by atoms with van der Waals surface area (Å²) < 4.78 is 42.8. The Morgan fingerprint density at radius 3 is 2.44 bits per heavy atom. The molecule has 1 heterocycles. The van der Waals surface area contributed by atoms with E-state index in [1.165, 1.54) is 11.3 Å². The molecule has 1 rings (SSSR count). The van der Waals surface area contributed by atoms with Crippen LogP contribution >= 0.6 is 11.3 Å². The van der Waals surface area contributed by atoms with Gasteiger partial charge in [0.15, 0.2) is 6.10 Å². The van der Waals surface area contributed by atoms with Gasteiger partial charge in [-0.2, -0.15) is 13.2 Å². The van der Waals surface area contributed by atoms with Crippen LogP contribution in [0.4, 0.5) is 13.2 Å². The minimum Gasteiger partial charge on any atom is -0.359 e. The van der Waals surface area contributed by atoms with Crippen LogP contribution in [0.1, 0.15) is 36.8 Å². The molecule has 2 N–H and O–H groups in total. The van der Waals surface area contributed by atoms with E-state index < -0.39 is 24.4 Å². The summed E-state index contributed by atoms with van der Waals surface area (Å²) in [7, 11) is 0. The quantitative estimate of drug-likeness (QED) is 0.891. The number of alkyl halides is 3.